The monoisotopic (exact) mass is 609 g/mol. The lowest BCUT2D eigenvalue weighted by atomic mass is 9.99. The summed E-state index contributed by atoms with van der Waals surface area (Å²) in [7, 11) is 0. The van der Waals surface area contributed by atoms with Crippen LogP contribution in [0.15, 0.2) is 109 Å². The van der Waals surface area contributed by atoms with Crippen molar-refractivity contribution in [1.82, 2.24) is 14.1 Å². The fraction of sp³-hybridized carbons (Fsp3) is 0.125. The van der Waals surface area contributed by atoms with E-state index in [2.05, 4.69) is 102 Å². The van der Waals surface area contributed by atoms with Gasteiger partial charge in [0.15, 0.2) is 0 Å². The Balaban J connectivity index is 1.50. The molecule has 0 atom stereocenters. The average molecular weight is 610 g/mol. The summed E-state index contributed by atoms with van der Waals surface area (Å²) in [5.74, 6) is 0. The van der Waals surface area contributed by atoms with Gasteiger partial charge in [-0.05, 0) is 100 Å². The lowest BCUT2D eigenvalue weighted by molar-refractivity contribution is -0.137. The third-order valence-corrected chi connectivity index (χ3v) is 9.05. The Hall–Kier alpha value is -5.36. The fourth-order valence-electron chi connectivity index (χ4n) is 6.93. The quantitative estimate of drug-likeness (QED) is 0.195. The summed E-state index contributed by atoms with van der Waals surface area (Å²) in [6, 6.07) is 31.1. The molecule has 8 rings (SSSR count). The van der Waals surface area contributed by atoms with Crippen LogP contribution in [0.4, 0.5) is 13.2 Å². The second-order valence-corrected chi connectivity index (χ2v) is 12.4. The molecule has 3 aromatic heterocycles. The first-order valence-corrected chi connectivity index (χ1v) is 15.3. The largest absolute Gasteiger partial charge is 0.416 e. The maximum Gasteiger partial charge on any atom is 0.416 e. The van der Waals surface area contributed by atoms with Crippen molar-refractivity contribution in [3.8, 4) is 22.5 Å². The first kappa shape index (κ1) is 28.1. The smallest absolute Gasteiger partial charge is 0.309 e. The summed E-state index contributed by atoms with van der Waals surface area (Å²) in [4.78, 5) is 4.48. The van der Waals surface area contributed by atoms with E-state index in [0.717, 1.165) is 71.6 Å². The van der Waals surface area contributed by atoms with Crippen molar-refractivity contribution in [3.63, 3.8) is 0 Å². The predicted octanol–water partition coefficient (Wildman–Crippen LogP) is 11.2. The molecule has 0 amide bonds. The number of benzene rings is 5. The summed E-state index contributed by atoms with van der Waals surface area (Å²) in [6.45, 7) is 8.25. The number of aromatic nitrogens is 3. The third kappa shape index (κ3) is 4.31. The molecule has 226 valence electrons. The Labute approximate surface area is 264 Å². The molecule has 5 aromatic carbocycles. The SMILES string of the molecule is Cc1ccc2c(c1)c1cc(C)ccc1n2-c1ccncc1-c1cc(C(F)(F)F)ccc1-n1c2ccc(C)cc2c2cc(C)ccc21. The van der Waals surface area contributed by atoms with Crippen LogP contribution < -0.4 is 0 Å². The summed E-state index contributed by atoms with van der Waals surface area (Å²) >= 11 is 0. The van der Waals surface area contributed by atoms with Gasteiger partial charge in [0.25, 0.3) is 0 Å². The average Bonchev–Trinajstić information content (AvgIpc) is 3.51. The molecule has 0 radical (unpaired) electrons. The van der Waals surface area contributed by atoms with Crippen LogP contribution in [0.3, 0.4) is 0 Å². The van der Waals surface area contributed by atoms with Gasteiger partial charge in [0.2, 0.25) is 0 Å². The third-order valence-electron chi connectivity index (χ3n) is 9.05. The van der Waals surface area contributed by atoms with Gasteiger partial charge in [0.1, 0.15) is 0 Å². The van der Waals surface area contributed by atoms with E-state index in [0.29, 0.717) is 16.8 Å². The van der Waals surface area contributed by atoms with Gasteiger partial charge in [-0.15, -0.1) is 0 Å². The molecular weight excluding hydrogens is 579 g/mol. The highest BCUT2D eigenvalue weighted by Crippen LogP contribution is 2.43. The number of halogens is 3. The zero-order chi connectivity index (χ0) is 31.9. The van der Waals surface area contributed by atoms with Crippen molar-refractivity contribution in [1.29, 1.82) is 0 Å². The molecule has 6 heteroatoms. The molecule has 3 heterocycles. The highest BCUT2D eigenvalue weighted by atomic mass is 19.4. The van der Waals surface area contributed by atoms with Crippen LogP contribution in [-0.2, 0) is 6.18 Å². The second-order valence-electron chi connectivity index (χ2n) is 12.4. The summed E-state index contributed by atoms with van der Waals surface area (Å²) in [5, 5.41) is 4.31. The van der Waals surface area contributed by atoms with E-state index in [-0.39, 0.29) is 0 Å². The Morgan fingerprint density at radius 3 is 1.30 bits per heavy atom. The number of aryl methyl sites for hydroxylation is 4. The molecule has 46 heavy (non-hydrogen) atoms. The molecule has 0 fully saturated rings. The van der Waals surface area contributed by atoms with Crippen LogP contribution in [0, 0.1) is 27.7 Å². The number of rotatable bonds is 3. The van der Waals surface area contributed by atoms with Crippen LogP contribution in [0.1, 0.15) is 27.8 Å². The molecule has 0 aliphatic rings. The van der Waals surface area contributed by atoms with Crippen molar-refractivity contribution in [2.75, 3.05) is 0 Å². The van der Waals surface area contributed by atoms with Gasteiger partial charge in [0.05, 0.1) is 39.0 Å². The van der Waals surface area contributed by atoms with Crippen molar-refractivity contribution in [2.45, 2.75) is 33.9 Å². The van der Waals surface area contributed by atoms with E-state index >= 15 is 0 Å². The van der Waals surface area contributed by atoms with E-state index < -0.39 is 11.7 Å². The molecular formula is C40H30F3N3. The number of hydrogen-bond acceptors (Lipinski definition) is 1. The summed E-state index contributed by atoms with van der Waals surface area (Å²) in [5.41, 5.74) is 10.1. The molecule has 0 bridgehead atoms. The Kier molecular flexibility index (Phi) is 6.16. The zero-order valence-electron chi connectivity index (χ0n) is 25.9. The Morgan fingerprint density at radius 2 is 0.891 bits per heavy atom. The molecule has 0 spiro atoms. The number of fused-ring (bicyclic) bond motifs is 6. The van der Waals surface area contributed by atoms with E-state index in [1.807, 2.05) is 18.2 Å². The molecule has 0 aliphatic heterocycles. The van der Waals surface area contributed by atoms with Gasteiger partial charge in [-0.1, -0.05) is 46.5 Å². The Morgan fingerprint density at radius 1 is 0.478 bits per heavy atom. The van der Waals surface area contributed by atoms with Crippen molar-refractivity contribution in [3.05, 3.63) is 137 Å². The summed E-state index contributed by atoms with van der Waals surface area (Å²) < 4.78 is 47.4. The van der Waals surface area contributed by atoms with Crippen LogP contribution in [0.25, 0.3) is 66.1 Å². The lowest BCUT2D eigenvalue weighted by Gasteiger charge is -2.20. The number of pyridine rings is 1. The van der Waals surface area contributed by atoms with Gasteiger partial charge in [-0.25, -0.2) is 0 Å². The van der Waals surface area contributed by atoms with Gasteiger partial charge in [-0.2, -0.15) is 13.2 Å². The van der Waals surface area contributed by atoms with Crippen LogP contribution >= 0.6 is 0 Å². The Bertz CT molecular complexity index is 2390. The topological polar surface area (TPSA) is 22.8 Å². The highest BCUT2D eigenvalue weighted by molar-refractivity contribution is 6.12. The molecule has 0 unspecified atom stereocenters. The molecule has 0 N–H and O–H groups in total. The maximum absolute atomic E-state index is 14.4. The van der Waals surface area contributed by atoms with E-state index in [9.17, 15) is 13.2 Å². The number of nitrogens with zero attached hydrogens (tertiary/aromatic N) is 3. The normalized spacial score (nSPS) is 12.2. The minimum atomic E-state index is -4.52. The van der Waals surface area contributed by atoms with Crippen LogP contribution in [0.5, 0.6) is 0 Å². The molecule has 0 saturated carbocycles. The van der Waals surface area contributed by atoms with Gasteiger partial charge in [-0.3, -0.25) is 4.98 Å². The first-order chi connectivity index (χ1) is 22.1. The van der Waals surface area contributed by atoms with Gasteiger partial charge >= 0.3 is 6.18 Å². The number of alkyl halides is 3. The first-order valence-electron chi connectivity index (χ1n) is 15.3. The molecule has 0 saturated heterocycles. The molecule has 8 aromatic rings. The van der Waals surface area contributed by atoms with E-state index in [1.165, 1.54) is 12.1 Å². The zero-order valence-corrected chi connectivity index (χ0v) is 25.9. The predicted molar refractivity (Wildman–Crippen MR) is 182 cm³/mol. The number of hydrogen-bond donors (Lipinski definition) is 0. The molecule has 3 nitrogen and oxygen atoms in total. The van der Waals surface area contributed by atoms with Crippen LogP contribution in [-0.4, -0.2) is 14.1 Å². The van der Waals surface area contributed by atoms with Crippen molar-refractivity contribution >= 4 is 43.6 Å². The second kappa shape index (κ2) is 10.1. The molecule has 0 aliphatic carbocycles. The minimum Gasteiger partial charge on any atom is -0.309 e. The fourth-order valence-corrected chi connectivity index (χ4v) is 6.93. The maximum atomic E-state index is 14.4. The van der Waals surface area contributed by atoms with E-state index in [4.69, 9.17) is 0 Å². The minimum absolute atomic E-state index is 0.451. The van der Waals surface area contributed by atoms with Crippen LogP contribution in [0.2, 0.25) is 0 Å². The van der Waals surface area contributed by atoms with Gasteiger partial charge in [0, 0.05) is 45.1 Å². The standard InChI is InChI=1S/C40H30F3N3/c1-23-5-10-34-28(17-23)29-18-24(2)6-11-35(29)45(34)38-14-9-27(40(41,42)43)21-32(38)33-22-44-16-15-39(33)46-36-12-7-25(3)19-30(36)31-20-26(4)8-13-37(31)46/h5-22H,1-4H3. The highest BCUT2D eigenvalue weighted by Gasteiger charge is 2.32. The van der Waals surface area contributed by atoms with Gasteiger partial charge < -0.3 is 9.13 Å². The van der Waals surface area contributed by atoms with Crippen molar-refractivity contribution in [2.24, 2.45) is 0 Å². The lowest BCUT2D eigenvalue weighted by Crippen LogP contribution is -2.08. The van der Waals surface area contributed by atoms with E-state index in [1.54, 1.807) is 18.5 Å². The van der Waals surface area contributed by atoms with Crippen molar-refractivity contribution < 1.29 is 13.2 Å². The summed E-state index contributed by atoms with van der Waals surface area (Å²) in [6.07, 6.45) is -1.12.